The number of nitrogens with one attached hydrogen (secondary N) is 1. The minimum absolute atomic E-state index is 0.0180. The fraction of sp³-hybridized carbons (Fsp3) is 0.375. The second-order valence-corrected chi connectivity index (χ2v) is 5.49. The summed E-state index contributed by atoms with van der Waals surface area (Å²) in [4.78, 5) is 16.4. The molecule has 21 heavy (non-hydrogen) atoms. The maximum Gasteiger partial charge on any atom is 0.251 e. The van der Waals surface area contributed by atoms with Crippen LogP contribution in [-0.4, -0.2) is 21.5 Å². The van der Waals surface area contributed by atoms with Crippen molar-refractivity contribution in [2.75, 3.05) is 0 Å². The van der Waals surface area contributed by atoms with Gasteiger partial charge in [0.05, 0.1) is 12.4 Å². The molecular weight excluding hydrogens is 264 g/mol. The van der Waals surface area contributed by atoms with Crippen LogP contribution in [0.15, 0.2) is 43.0 Å². The summed E-state index contributed by atoms with van der Waals surface area (Å²) in [6.45, 7) is 0.493. The van der Waals surface area contributed by atoms with E-state index in [0.29, 0.717) is 18.2 Å². The van der Waals surface area contributed by atoms with Crippen molar-refractivity contribution in [2.24, 2.45) is 5.73 Å². The summed E-state index contributed by atoms with van der Waals surface area (Å²) >= 11 is 0. The van der Waals surface area contributed by atoms with Crippen LogP contribution in [0.2, 0.25) is 0 Å². The zero-order chi connectivity index (χ0) is 14.7. The van der Waals surface area contributed by atoms with Gasteiger partial charge in [0.15, 0.2) is 0 Å². The molecule has 0 saturated heterocycles. The van der Waals surface area contributed by atoms with Crippen LogP contribution in [0.4, 0.5) is 0 Å². The zero-order valence-electron chi connectivity index (χ0n) is 11.9. The Balaban J connectivity index is 1.68. The first-order chi connectivity index (χ1) is 10.3. The molecule has 1 heterocycles. The van der Waals surface area contributed by atoms with Gasteiger partial charge in [-0.1, -0.05) is 12.1 Å². The lowest BCUT2D eigenvalue weighted by Gasteiger charge is -2.22. The molecule has 1 aromatic carbocycles. The Morgan fingerprint density at radius 2 is 2.14 bits per heavy atom. The van der Waals surface area contributed by atoms with E-state index in [1.54, 1.807) is 6.20 Å². The van der Waals surface area contributed by atoms with Gasteiger partial charge in [0.25, 0.3) is 5.91 Å². The van der Waals surface area contributed by atoms with Crippen LogP contribution in [0.3, 0.4) is 0 Å². The number of carbonyl (C=O) groups excluding carboxylic acids is 1. The van der Waals surface area contributed by atoms with Crippen molar-refractivity contribution >= 4 is 5.91 Å². The molecule has 3 rings (SSSR count). The number of rotatable bonds is 4. The highest BCUT2D eigenvalue weighted by atomic mass is 16.1. The number of hydrogen-bond acceptors (Lipinski definition) is 3. The molecule has 2 unspecified atom stereocenters. The first-order valence-corrected chi connectivity index (χ1v) is 7.35. The maximum atomic E-state index is 12.3. The molecule has 0 spiro atoms. The maximum absolute atomic E-state index is 12.3. The molecule has 5 nitrogen and oxygen atoms in total. The topological polar surface area (TPSA) is 72.9 Å². The fourth-order valence-corrected chi connectivity index (χ4v) is 2.98. The molecule has 1 aliphatic rings. The lowest BCUT2D eigenvalue weighted by Crippen LogP contribution is -2.38. The molecule has 0 aliphatic heterocycles. The summed E-state index contributed by atoms with van der Waals surface area (Å²) in [5.41, 5.74) is 7.29. The first-order valence-electron chi connectivity index (χ1n) is 7.35. The summed E-state index contributed by atoms with van der Waals surface area (Å²) in [6, 6.07) is 7.94. The lowest BCUT2D eigenvalue weighted by molar-refractivity contribution is 0.0929. The van der Waals surface area contributed by atoms with Crippen molar-refractivity contribution in [3.8, 4) is 0 Å². The average molecular weight is 284 g/mol. The highest BCUT2D eigenvalue weighted by Gasteiger charge is 2.29. The van der Waals surface area contributed by atoms with E-state index in [0.717, 1.165) is 24.8 Å². The van der Waals surface area contributed by atoms with E-state index in [9.17, 15) is 4.79 Å². The van der Waals surface area contributed by atoms with Crippen molar-refractivity contribution in [2.45, 2.75) is 37.9 Å². The molecule has 1 saturated carbocycles. The zero-order valence-corrected chi connectivity index (χ0v) is 11.9. The second kappa shape index (κ2) is 6.10. The van der Waals surface area contributed by atoms with E-state index in [4.69, 9.17) is 5.73 Å². The Labute approximate surface area is 124 Å². The SMILES string of the molecule is NCc1ccc(C(=O)NC2CCCC2n2ccnc2)cc1. The van der Waals surface area contributed by atoms with E-state index in [1.807, 2.05) is 36.8 Å². The van der Waals surface area contributed by atoms with Crippen molar-refractivity contribution in [3.63, 3.8) is 0 Å². The van der Waals surface area contributed by atoms with Crippen LogP contribution in [0.1, 0.15) is 41.2 Å². The molecule has 1 aliphatic carbocycles. The van der Waals surface area contributed by atoms with Crippen LogP contribution in [0.5, 0.6) is 0 Å². The third-order valence-corrected chi connectivity index (χ3v) is 4.16. The quantitative estimate of drug-likeness (QED) is 0.900. The molecule has 110 valence electrons. The Hall–Kier alpha value is -2.14. The summed E-state index contributed by atoms with van der Waals surface area (Å²) in [5.74, 6) is -0.0180. The number of hydrogen-bond donors (Lipinski definition) is 2. The molecule has 1 amide bonds. The van der Waals surface area contributed by atoms with Crippen LogP contribution in [0, 0.1) is 0 Å². The van der Waals surface area contributed by atoms with Gasteiger partial charge in [-0.2, -0.15) is 0 Å². The summed E-state index contributed by atoms with van der Waals surface area (Å²) < 4.78 is 2.09. The molecule has 1 aromatic heterocycles. The van der Waals surface area contributed by atoms with Crippen molar-refractivity contribution in [3.05, 3.63) is 54.1 Å². The highest BCUT2D eigenvalue weighted by Crippen LogP contribution is 2.30. The standard InChI is InChI=1S/C16H20N4O/c17-10-12-4-6-13(7-5-12)16(21)19-14-2-1-3-15(14)20-9-8-18-11-20/h4-9,11,14-15H,1-3,10,17H2,(H,19,21). The van der Waals surface area contributed by atoms with Gasteiger partial charge in [0, 0.05) is 30.5 Å². The lowest BCUT2D eigenvalue weighted by atomic mass is 10.1. The monoisotopic (exact) mass is 284 g/mol. The molecule has 0 radical (unpaired) electrons. The van der Waals surface area contributed by atoms with E-state index in [1.165, 1.54) is 0 Å². The van der Waals surface area contributed by atoms with Gasteiger partial charge in [-0.15, -0.1) is 0 Å². The van der Waals surface area contributed by atoms with Gasteiger partial charge < -0.3 is 15.6 Å². The van der Waals surface area contributed by atoms with Crippen molar-refractivity contribution in [1.29, 1.82) is 0 Å². The van der Waals surface area contributed by atoms with Crippen LogP contribution >= 0.6 is 0 Å². The van der Waals surface area contributed by atoms with E-state index < -0.39 is 0 Å². The number of benzene rings is 1. The Kier molecular flexibility index (Phi) is 4.01. The number of amides is 1. The number of imidazole rings is 1. The first kappa shape index (κ1) is 13.8. The fourth-order valence-electron chi connectivity index (χ4n) is 2.98. The molecule has 2 atom stereocenters. The van der Waals surface area contributed by atoms with Crippen molar-refractivity contribution in [1.82, 2.24) is 14.9 Å². The van der Waals surface area contributed by atoms with E-state index in [2.05, 4.69) is 14.9 Å². The molecule has 2 aromatic rings. The van der Waals surface area contributed by atoms with Gasteiger partial charge in [0.1, 0.15) is 0 Å². The molecule has 1 fully saturated rings. The summed E-state index contributed by atoms with van der Waals surface area (Å²) in [7, 11) is 0. The van der Waals surface area contributed by atoms with Crippen LogP contribution in [-0.2, 0) is 6.54 Å². The molecule has 3 N–H and O–H groups in total. The number of carbonyl (C=O) groups is 1. The Bertz CT molecular complexity index is 591. The molecule has 5 heteroatoms. The third-order valence-electron chi connectivity index (χ3n) is 4.16. The predicted molar refractivity (Wildman–Crippen MR) is 80.7 cm³/mol. The Morgan fingerprint density at radius 1 is 1.33 bits per heavy atom. The summed E-state index contributed by atoms with van der Waals surface area (Å²) in [6.07, 6.45) is 8.78. The largest absolute Gasteiger partial charge is 0.347 e. The minimum Gasteiger partial charge on any atom is -0.347 e. The predicted octanol–water partition coefficient (Wildman–Crippen LogP) is 1.87. The van der Waals surface area contributed by atoms with E-state index in [-0.39, 0.29) is 11.9 Å². The van der Waals surface area contributed by atoms with E-state index >= 15 is 0 Å². The third kappa shape index (κ3) is 2.97. The minimum atomic E-state index is -0.0180. The number of aromatic nitrogens is 2. The van der Waals surface area contributed by atoms with Crippen molar-refractivity contribution < 1.29 is 4.79 Å². The van der Waals surface area contributed by atoms with Gasteiger partial charge in [-0.3, -0.25) is 4.79 Å². The highest BCUT2D eigenvalue weighted by molar-refractivity contribution is 5.94. The van der Waals surface area contributed by atoms with Gasteiger partial charge in [-0.25, -0.2) is 4.98 Å². The normalized spacial score (nSPS) is 21.4. The Morgan fingerprint density at radius 3 is 2.81 bits per heavy atom. The number of nitrogens with two attached hydrogens (primary N) is 1. The second-order valence-electron chi connectivity index (χ2n) is 5.49. The molecule has 0 bridgehead atoms. The molecular formula is C16H20N4O. The van der Waals surface area contributed by atoms with Crippen LogP contribution < -0.4 is 11.1 Å². The average Bonchev–Trinajstić information content (AvgIpc) is 3.18. The van der Waals surface area contributed by atoms with Gasteiger partial charge in [0.2, 0.25) is 0 Å². The van der Waals surface area contributed by atoms with Crippen LogP contribution in [0.25, 0.3) is 0 Å². The summed E-state index contributed by atoms with van der Waals surface area (Å²) in [5, 5.41) is 3.15. The van der Waals surface area contributed by atoms with Gasteiger partial charge in [-0.05, 0) is 37.0 Å². The smallest absolute Gasteiger partial charge is 0.251 e. The van der Waals surface area contributed by atoms with Gasteiger partial charge >= 0.3 is 0 Å². The number of nitrogens with zero attached hydrogens (tertiary/aromatic N) is 2.